The molecule has 0 saturated heterocycles. The first-order valence-corrected chi connectivity index (χ1v) is 15.9. The highest BCUT2D eigenvalue weighted by molar-refractivity contribution is 6.74. The van der Waals surface area contributed by atoms with Crippen molar-refractivity contribution >= 4 is 54.6 Å². The molecular weight excluding hydrogens is 612 g/mol. The van der Waals surface area contributed by atoms with E-state index in [9.17, 15) is 18.0 Å². The Hall–Kier alpha value is -2.64. The smallest absolute Gasteiger partial charge is 0.417 e. The number of rotatable bonds is 8. The van der Waals surface area contributed by atoms with Gasteiger partial charge in [-0.05, 0) is 30.3 Å². The zero-order chi connectivity index (χ0) is 29.6. The molecule has 0 bridgehead atoms. The maximum absolute atomic E-state index is 13.1. The summed E-state index contributed by atoms with van der Waals surface area (Å²) in [6, 6.07) is 3.65. The van der Waals surface area contributed by atoms with E-state index >= 15 is 0 Å². The topological polar surface area (TPSA) is 91.8 Å². The van der Waals surface area contributed by atoms with Crippen LogP contribution in [0, 0.1) is 0 Å². The molecule has 3 heterocycles. The Bertz CT molecular complexity index is 1580. The number of carbonyl (C=O) groups is 1. The molecule has 4 rings (SSSR count). The number of ether oxygens (including phenoxy) is 1. The summed E-state index contributed by atoms with van der Waals surface area (Å²) in [7, 11) is -2.09. The lowest BCUT2D eigenvalue weighted by Crippen LogP contribution is -2.42. The average Bonchev–Trinajstić information content (AvgIpc) is 3.49. The molecule has 15 heteroatoms. The van der Waals surface area contributed by atoms with Gasteiger partial charge in [0.2, 0.25) is 5.82 Å². The molecule has 4 aromatic rings. The molecule has 0 amide bonds. The molecule has 0 atom stereocenters. The quantitative estimate of drug-likeness (QED) is 0.181. The van der Waals surface area contributed by atoms with E-state index < -0.39 is 20.1 Å². The summed E-state index contributed by atoms with van der Waals surface area (Å²) < 4.78 is 57.3. The molecule has 8 nitrogen and oxygen atoms in total. The van der Waals surface area contributed by atoms with E-state index in [1.165, 1.54) is 18.3 Å². The predicted molar refractivity (Wildman–Crippen MR) is 148 cm³/mol. The van der Waals surface area contributed by atoms with Crippen LogP contribution in [-0.2, 0) is 15.4 Å². The fraction of sp³-hybridized carbons (Fsp3) is 0.360. The minimum atomic E-state index is -4.59. The van der Waals surface area contributed by atoms with Gasteiger partial charge >= 0.3 is 6.18 Å². The minimum Gasteiger partial charge on any atom is -0.484 e. The van der Waals surface area contributed by atoms with Crippen LogP contribution in [0.3, 0.4) is 0 Å². The van der Waals surface area contributed by atoms with E-state index in [2.05, 4.69) is 35.9 Å². The van der Waals surface area contributed by atoms with Crippen LogP contribution >= 0.6 is 34.8 Å². The van der Waals surface area contributed by atoms with Gasteiger partial charge in [0.1, 0.15) is 18.1 Å². The second-order valence-electron chi connectivity index (χ2n) is 10.5. The van der Waals surface area contributed by atoms with E-state index in [1.54, 1.807) is 0 Å². The minimum absolute atomic E-state index is 0.0370. The second-order valence-corrected chi connectivity index (χ2v) is 16.5. The fourth-order valence-corrected chi connectivity index (χ4v) is 4.91. The van der Waals surface area contributed by atoms with Crippen molar-refractivity contribution in [3.63, 3.8) is 0 Å². The zero-order valence-electron chi connectivity index (χ0n) is 22.0. The standard InChI is InChI=1S/C25H24Cl3F3N4O4Si/c1-24(2,3)40(4,5)38-12-14(36)11-37-20-8-16(26)15(7-17(20)27)21-33-23(39-34-21)19-10-35-9-13(25(29,30)31)6-18(28)22(35)32-19/h6-10H,11-12H2,1-5H3. The Morgan fingerprint density at radius 3 is 2.35 bits per heavy atom. The van der Waals surface area contributed by atoms with Crippen molar-refractivity contribution in [2.24, 2.45) is 0 Å². The van der Waals surface area contributed by atoms with E-state index in [4.69, 9.17) is 48.5 Å². The van der Waals surface area contributed by atoms with Gasteiger partial charge in [-0.3, -0.25) is 4.79 Å². The Morgan fingerprint density at radius 2 is 1.70 bits per heavy atom. The van der Waals surface area contributed by atoms with Gasteiger partial charge in [0.15, 0.2) is 19.7 Å². The number of Topliss-reactive ketones (excluding diaryl/α,β-unsaturated/α-hetero) is 1. The average molecular weight is 636 g/mol. The molecule has 0 saturated carbocycles. The molecule has 1 aromatic carbocycles. The van der Waals surface area contributed by atoms with Gasteiger partial charge in [0.05, 0.1) is 27.2 Å². The van der Waals surface area contributed by atoms with Crippen LogP contribution in [0.25, 0.3) is 28.6 Å². The lowest BCUT2D eigenvalue weighted by atomic mass is 10.2. The van der Waals surface area contributed by atoms with Crippen molar-refractivity contribution in [1.82, 2.24) is 19.5 Å². The third-order valence-electron chi connectivity index (χ3n) is 6.53. The van der Waals surface area contributed by atoms with Gasteiger partial charge in [-0.25, -0.2) is 4.98 Å². The van der Waals surface area contributed by atoms with Crippen molar-refractivity contribution in [1.29, 1.82) is 0 Å². The Morgan fingerprint density at radius 1 is 1.00 bits per heavy atom. The molecule has 3 aromatic heterocycles. The van der Waals surface area contributed by atoms with E-state index in [0.29, 0.717) is 5.56 Å². The molecule has 214 valence electrons. The summed E-state index contributed by atoms with van der Waals surface area (Å²) in [6.45, 7) is 10.0. The van der Waals surface area contributed by atoms with Crippen LogP contribution in [-0.4, -0.2) is 46.8 Å². The molecule has 40 heavy (non-hydrogen) atoms. The van der Waals surface area contributed by atoms with Crippen LogP contribution in [0.1, 0.15) is 26.3 Å². The molecule has 0 N–H and O–H groups in total. The highest BCUT2D eigenvalue weighted by atomic mass is 35.5. The highest BCUT2D eigenvalue weighted by Crippen LogP contribution is 2.38. The van der Waals surface area contributed by atoms with E-state index in [1.807, 2.05) is 13.1 Å². The Kier molecular flexibility index (Phi) is 8.32. The largest absolute Gasteiger partial charge is 0.484 e. The third-order valence-corrected chi connectivity index (χ3v) is 11.9. The molecule has 0 unspecified atom stereocenters. The lowest BCUT2D eigenvalue weighted by Gasteiger charge is -2.35. The van der Waals surface area contributed by atoms with E-state index in [0.717, 1.165) is 16.7 Å². The number of ketones is 1. The molecule has 0 aliphatic carbocycles. The molecule has 0 aliphatic rings. The van der Waals surface area contributed by atoms with Gasteiger partial charge < -0.3 is 18.1 Å². The molecular formula is C25H24Cl3F3N4O4Si. The number of fused-ring (bicyclic) bond motifs is 1. The lowest BCUT2D eigenvalue weighted by molar-refractivity contribution is -0.137. The number of hydrogen-bond donors (Lipinski definition) is 0. The number of nitrogens with zero attached hydrogens (tertiary/aromatic N) is 4. The SMILES string of the molecule is CC(C)(C)[Si](C)(C)OCC(=O)COc1cc(Cl)c(-c2noc(-c3cn4cc(C(F)(F)F)cc(Cl)c4n3)n2)cc1Cl. The van der Waals surface area contributed by atoms with Crippen molar-refractivity contribution in [2.75, 3.05) is 13.2 Å². The summed E-state index contributed by atoms with van der Waals surface area (Å²) in [5.74, 6) is -0.108. The normalized spacial score (nSPS) is 12.8. The third kappa shape index (κ3) is 6.46. The summed E-state index contributed by atoms with van der Waals surface area (Å²) in [5, 5.41) is 3.95. The number of halogens is 6. The Balaban J connectivity index is 1.49. The fourth-order valence-electron chi connectivity index (χ4n) is 3.24. The summed E-state index contributed by atoms with van der Waals surface area (Å²) in [6.07, 6.45) is -2.45. The second kappa shape index (κ2) is 11.0. The molecule has 0 radical (unpaired) electrons. The molecule has 0 spiro atoms. The van der Waals surface area contributed by atoms with Gasteiger partial charge in [-0.2, -0.15) is 18.2 Å². The summed E-state index contributed by atoms with van der Waals surface area (Å²) in [4.78, 5) is 20.8. The van der Waals surface area contributed by atoms with Gasteiger partial charge in [0, 0.05) is 24.0 Å². The summed E-state index contributed by atoms with van der Waals surface area (Å²) in [5.41, 5.74) is -0.465. The number of benzene rings is 1. The van der Waals surface area contributed by atoms with Crippen molar-refractivity contribution in [2.45, 2.75) is 45.1 Å². The highest BCUT2D eigenvalue weighted by Gasteiger charge is 2.37. The van der Waals surface area contributed by atoms with Gasteiger partial charge in [-0.1, -0.05) is 60.7 Å². The zero-order valence-corrected chi connectivity index (χ0v) is 25.3. The van der Waals surface area contributed by atoms with Crippen molar-refractivity contribution < 1.29 is 31.7 Å². The number of carbonyl (C=O) groups excluding carboxylic acids is 1. The van der Waals surface area contributed by atoms with Crippen molar-refractivity contribution in [3.8, 4) is 28.7 Å². The number of hydrogen-bond acceptors (Lipinski definition) is 7. The van der Waals surface area contributed by atoms with Crippen LogP contribution in [0.4, 0.5) is 13.2 Å². The van der Waals surface area contributed by atoms with Gasteiger partial charge in [-0.15, -0.1) is 0 Å². The first-order chi connectivity index (χ1) is 18.5. The number of alkyl halides is 3. The van der Waals surface area contributed by atoms with Crippen LogP contribution in [0.15, 0.2) is 35.1 Å². The number of aromatic nitrogens is 4. The molecule has 0 fully saturated rings. The van der Waals surface area contributed by atoms with Crippen LogP contribution in [0.2, 0.25) is 33.2 Å². The summed E-state index contributed by atoms with van der Waals surface area (Å²) >= 11 is 18.8. The Labute approximate surface area is 243 Å². The first kappa shape index (κ1) is 30.3. The van der Waals surface area contributed by atoms with Crippen LogP contribution in [0.5, 0.6) is 5.75 Å². The molecule has 0 aliphatic heterocycles. The maximum Gasteiger partial charge on any atom is 0.417 e. The van der Waals surface area contributed by atoms with Gasteiger partial charge in [0.25, 0.3) is 5.89 Å². The number of pyridine rings is 1. The van der Waals surface area contributed by atoms with E-state index in [-0.39, 0.29) is 67.9 Å². The first-order valence-electron chi connectivity index (χ1n) is 11.8. The van der Waals surface area contributed by atoms with Crippen molar-refractivity contribution in [3.05, 3.63) is 51.2 Å². The monoisotopic (exact) mass is 634 g/mol. The number of imidazole rings is 1. The maximum atomic E-state index is 13.1. The predicted octanol–water partition coefficient (Wildman–Crippen LogP) is 8.00. The van der Waals surface area contributed by atoms with Crippen LogP contribution < -0.4 is 4.74 Å².